The van der Waals surface area contributed by atoms with E-state index in [1.807, 2.05) is 12.3 Å². The second kappa shape index (κ2) is 4.85. The fourth-order valence-corrected chi connectivity index (χ4v) is 2.64. The van der Waals surface area contributed by atoms with E-state index in [2.05, 4.69) is 61.3 Å². The van der Waals surface area contributed by atoms with Gasteiger partial charge < -0.3 is 0 Å². The van der Waals surface area contributed by atoms with Crippen LogP contribution in [0, 0.1) is 6.92 Å². The van der Waals surface area contributed by atoms with Crippen LogP contribution in [0.3, 0.4) is 0 Å². The van der Waals surface area contributed by atoms with Crippen molar-refractivity contribution >= 4 is 10.8 Å². The van der Waals surface area contributed by atoms with Crippen molar-refractivity contribution in [3.05, 3.63) is 65.9 Å². The number of fused-ring (bicyclic) bond motifs is 1. The monoisotopic (exact) mass is 247 g/mol. The van der Waals surface area contributed by atoms with E-state index in [1.165, 1.54) is 27.5 Å². The first kappa shape index (κ1) is 11.9. The van der Waals surface area contributed by atoms with Crippen LogP contribution in [0.4, 0.5) is 0 Å². The number of hydrogen-bond acceptors (Lipinski definition) is 1. The molecule has 19 heavy (non-hydrogen) atoms. The third-order valence-electron chi connectivity index (χ3n) is 3.64. The van der Waals surface area contributed by atoms with Gasteiger partial charge in [-0.25, -0.2) is 0 Å². The average molecular weight is 247 g/mol. The molecule has 0 spiro atoms. The van der Waals surface area contributed by atoms with Crippen LogP contribution in [0.2, 0.25) is 0 Å². The normalized spacial score (nSPS) is 10.8. The van der Waals surface area contributed by atoms with Crippen LogP contribution in [0.5, 0.6) is 0 Å². The summed E-state index contributed by atoms with van der Waals surface area (Å²) in [5.74, 6) is 0. The van der Waals surface area contributed by atoms with Crippen LogP contribution in [-0.4, -0.2) is 4.98 Å². The zero-order valence-electron chi connectivity index (χ0n) is 11.4. The molecule has 0 saturated heterocycles. The van der Waals surface area contributed by atoms with Crippen molar-refractivity contribution in [3.63, 3.8) is 0 Å². The van der Waals surface area contributed by atoms with Gasteiger partial charge in [-0.05, 0) is 41.3 Å². The Kier molecular flexibility index (Phi) is 3.04. The maximum atomic E-state index is 4.61. The van der Waals surface area contributed by atoms with Crippen LogP contribution in [0.15, 0.2) is 54.7 Å². The second-order valence-corrected chi connectivity index (χ2v) is 4.84. The van der Waals surface area contributed by atoms with Crippen molar-refractivity contribution in [3.8, 4) is 11.3 Å². The SMILES string of the molecule is CCc1ccc2ccccc2c1-c1ncccc1C. The lowest BCUT2D eigenvalue weighted by molar-refractivity contribution is 1.14. The Bertz CT molecular complexity index is 729. The molecular formula is C18H17N. The number of aryl methyl sites for hydroxylation is 2. The first-order valence-corrected chi connectivity index (χ1v) is 6.74. The Labute approximate surface area is 113 Å². The molecule has 0 unspecified atom stereocenters. The predicted octanol–water partition coefficient (Wildman–Crippen LogP) is 4.77. The highest BCUT2D eigenvalue weighted by Crippen LogP contribution is 2.32. The molecule has 1 aromatic heterocycles. The third-order valence-corrected chi connectivity index (χ3v) is 3.64. The average Bonchev–Trinajstić information content (AvgIpc) is 2.47. The highest BCUT2D eigenvalue weighted by molar-refractivity contribution is 5.98. The lowest BCUT2D eigenvalue weighted by Gasteiger charge is -2.13. The predicted molar refractivity (Wildman–Crippen MR) is 81.3 cm³/mol. The van der Waals surface area contributed by atoms with Crippen LogP contribution >= 0.6 is 0 Å². The Morgan fingerprint density at radius 3 is 2.58 bits per heavy atom. The minimum absolute atomic E-state index is 1.02. The van der Waals surface area contributed by atoms with Crippen molar-refractivity contribution in [2.75, 3.05) is 0 Å². The fourth-order valence-electron chi connectivity index (χ4n) is 2.64. The van der Waals surface area contributed by atoms with Crippen LogP contribution in [-0.2, 0) is 6.42 Å². The highest BCUT2D eigenvalue weighted by Gasteiger charge is 2.11. The Morgan fingerprint density at radius 1 is 0.947 bits per heavy atom. The van der Waals surface area contributed by atoms with Crippen molar-refractivity contribution in [2.45, 2.75) is 20.3 Å². The summed E-state index contributed by atoms with van der Waals surface area (Å²) < 4.78 is 0. The van der Waals surface area contributed by atoms with E-state index in [1.54, 1.807) is 0 Å². The third kappa shape index (κ3) is 2.01. The molecule has 0 aliphatic heterocycles. The summed E-state index contributed by atoms with van der Waals surface area (Å²) in [6, 6.07) is 17.1. The van der Waals surface area contributed by atoms with Gasteiger partial charge in [-0.15, -0.1) is 0 Å². The summed E-state index contributed by atoms with van der Waals surface area (Å²) in [5, 5.41) is 2.57. The largest absolute Gasteiger partial charge is 0.256 e. The van der Waals surface area contributed by atoms with Crippen molar-refractivity contribution < 1.29 is 0 Å². The van der Waals surface area contributed by atoms with Crippen molar-refractivity contribution in [1.82, 2.24) is 4.98 Å². The maximum absolute atomic E-state index is 4.61. The first-order valence-electron chi connectivity index (χ1n) is 6.74. The molecule has 1 heterocycles. The number of nitrogens with zero attached hydrogens (tertiary/aromatic N) is 1. The van der Waals surface area contributed by atoms with E-state index >= 15 is 0 Å². The van der Waals surface area contributed by atoms with E-state index in [-0.39, 0.29) is 0 Å². The summed E-state index contributed by atoms with van der Waals surface area (Å²) in [5.41, 5.74) is 4.99. The zero-order valence-corrected chi connectivity index (χ0v) is 11.4. The van der Waals surface area contributed by atoms with Crippen molar-refractivity contribution in [1.29, 1.82) is 0 Å². The standard InChI is InChI=1S/C18H17N/c1-3-14-10-11-15-8-4-5-9-16(15)17(14)18-13(2)7-6-12-19-18/h4-12H,3H2,1-2H3. The molecule has 1 heteroatoms. The van der Waals surface area contributed by atoms with E-state index in [4.69, 9.17) is 0 Å². The Balaban J connectivity index is 2.41. The topological polar surface area (TPSA) is 12.9 Å². The number of benzene rings is 2. The van der Waals surface area contributed by atoms with Gasteiger partial charge in [0.05, 0.1) is 5.69 Å². The maximum Gasteiger partial charge on any atom is 0.0740 e. The molecule has 0 saturated carbocycles. The second-order valence-electron chi connectivity index (χ2n) is 4.84. The summed E-state index contributed by atoms with van der Waals surface area (Å²) in [4.78, 5) is 4.61. The number of rotatable bonds is 2. The van der Waals surface area contributed by atoms with Gasteiger partial charge in [-0.3, -0.25) is 4.98 Å². The fraction of sp³-hybridized carbons (Fsp3) is 0.167. The van der Waals surface area contributed by atoms with Gasteiger partial charge in [0.2, 0.25) is 0 Å². The molecule has 0 amide bonds. The summed E-state index contributed by atoms with van der Waals surface area (Å²) >= 11 is 0. The van der Waals surface area contributed by atoms with Crippen LogP contribution < -0.4 is 0 Å². The summed E-state index contributed by atoms with van der Waals surface area (Å²) in [6.07, 6.45) is 2.90. The zero-order chi connectivity index (χ0) is 13.2. The smallest absolute Gasteiger partial charge is 0.0740 e. The van der Waals surface area contributed by atoms with Crippen LogP contribution in [0.1, 0.15) is 18.1 Å². The highest BCUT2D eigenvalue weighted by atomic mass is 14.7. The van der Waals surface area contributed by atoms with E-state index in [0.717, 1.165) is 12.1 Å². The lowest BCUT2D eigenvalue weighted by atomic mass is 9.93. The Hall–Kier alpha value is -2.15. The molecule has 1 nitrogen and oxygen atoms in total. The quantitative estimate of drug-likeness (QED) is 0.635. The lowest BCUT2D eigenvalue weighted by Crippen LogP contribution is -1.94. The van der Waals surface area contributed by atoms with Gasteiger partial charge in [-0.1, -0.05) is 49.4 Å². The van der Waals surface area contributed by atoms with Crippen molar-refractivity contribution in [2.24, 2.45) is 0 Å². The van der Waals surface area contributed by atoms with Crippen LogP contribution in [0.25, 0.3) is 22.0 Å². The van der Waals surface area contributed by atoms with Gasteiger partial charge in [0, 0.05) is 11.8 Å². The first-order chi connectivity index (χ1) is 9.31. The molecule has 94 valence electrons. The van der Waals surface area contributed by atoms with Gasteiger partial charge in [0.25, 0.3) is 0 Å². The van der Waals surface area contributed by atoms with Gasteiger partial charge in [0.1, 0.15) is 0 Å². The number of hydrogen-bond donors (Lipinski definition) is 0. The van der Waals surface area contributed by atoms with Gasteiger partial charge in [0.15, 0.2) is 0 Å². The molecule has 0 aliphatic rings. The van der Waals surface area contributed by atoms with E-state index in [0.29, 0.717) is 0 Å². The molecular weight excluding hydrogens is 230 g/mol. The molecule has 3 rings (SSSR count). The molecule has 0 radical (unpaired) electrons. The van der Waals surface area contributed by atoms with Gasteiger partial charge >= 0.3 is 0 Å². The van der Waals surface area contributed by atoms with E-state index in [9.17, 15) is 0 Å². The molecule has 0 atom stereocenters. The van der Waals surface area contributed by atoms with E-state index < -0.39 is 0 Å². The summed E-state index contributed by atoms with van der Waals surface area (Å²) in [7, 11) is 0. The molecule has 3 aromatic rings. The summed E-state index contributed by atoms with van der Waals surface area (Å²) in [6.45, 7) is 4.33. The molecule has 0 bridgehead atoms. The minimum atomic E-state index is 1.02. The molecule has 2 aromatic carbocycles. The Morgan fingerprint density at radius 2 is 1.79 bits per heavy atom. The number of aromatic nitrogens is 1. The molecule has 0 aliphatic carbocycles. The molecule has 0 N–H and O–H groups in total. The van der Waals surface area contributed by atoms with Gasteiger partial charge in [-0.2, -0.15) is 0 Å². The minimum Gasteiger partial charge on any atom is -0.256 e. The molecule has 0 fully saturated rings. The number of pyridine rings is 1.